The van der Waals surface area contributed by atoms with Gasteiger partial charge in [-0.3, -0.25) is 14.4 Å². The van der Waals surface area contributed by atoms with Crippen molar-refractivity contribution in [2.24, 2.45) is 5.92 Å². The molecule has 2 atom stereocenters. The zero-order valence-corrected chi connectivity index (χ0v) is 10.4. The van der Waals surface area contributed by atoms with Gasteiger partial charge < -0.3 is 15.2 Å². The SMILES string of the molecule is O=C1NCC2C1CCCN2C(=O)c1c[nH]ccc1=O. The second-order valence-corrected chi connectivity index (χ2v) is 4.98. The molecule has 2 aliphatic heterocycles. The van der Waals surface area contributed by atoms with Gasteiger partial charge in [0, 0.05) is 31.5 Å². The lowest BCUT2D eigenvalue weighted by molar-refractivity contribution is -0.123. The van der Waals surface area contributed by atoms with Gasteiger partial charge in [0.2, 0.25) is 5.91 Å². The summed E-state index contributed by atoms with van der Waals surface area (Å²) in [7, 11) is 0. The Balaban J connectivity index is 1.90. The van der Waals surface area contributed by atoms with Crippen LogP contribution >= 0.6 is 0 Å². The Morgan fingerprint density at radius 3 is 3.00 bits per heavy atom. The van der Waals surface area contributed by atoms with E-state index < -0.39 is 0 Å². The molecule has 0 bridgehead atoms. The first-order valence-corrected chi connectivity index (χ1v) is 6.44. The summed E-state index contributed by atoms with van der Waals surface area (Å²) in [4.78, 5) is 40.2. The highest BCUT2D eigenvalue weighted by atomic mass is 16.2. The van der Waals surface area contributed by atoms with Crippen molar-refractivity contribution in [1.29, 1.82) is 0 Å². The van der Waals surface area contributed by atoms with Crippen LogP contribution in [0.2, 0.25) is 0 Å². The maximum absolute atomic E-state index is 12.4. The highest BCUT2D eigenvalue weighted by Gasteiger charge is 2.42. The number of nitrogens with zero attached hydrogens (tertiary/aromatic N) is 1. The molecule has 2 aliphatic rings. The summed E-state index contributed by atoms with van der Waals surface area (Å²) < 4.78 is 0. The zero-order chi connectivity index (χ0) is 13.4. The number of piperidine rings is 1. The Morgan fingerprint density at radius 1 is 1.37 bits per heavy atom. The molecule has 0 aliphatic carbocycles. The third-order valence-corrected chi connectivity index (χ3v) is 3.92. The Hall–Kier alpha value is -2.11. The average molecular weight is 261 g/mol. The van der Waals surface area contributed by atoms with Crippen molar-refractivity contribution in [3.63, 3.8) is 0 Å². The number of aromatic nitrogens is 1. The molecule has 3 rings (SSSR count). The molecule has 0 saturated carbocycles. The molecule has 2 saturated heterocycles. The van der Waals surface area contributed by atoms with E-state index in [2.05, 4.69) is 10.3 Å². The summed E-state index contributed by atoms with van der Waals surface area (Å²) >= 11 is 0. The van der Waals surface area contributed by atoms with Crippen molar-refractivity contribution < 1.29 is 9.59 Å². The van der Waals surface area contributed by atoms with Gasteiger partial charge in [0.1, 0.15) is 5.56 Å². The minimum Gasteiger partial charge on any atom is -0.367 e. The number of carbonyl (C=O) groups excluding carboxylic acids is 2. The van der Waals surface area contributed by atoms with E-state index in [0.717, 1.165) is 12.8 Å². The molecule has 19 heavy (non-hydrogen) atoms. The fourth-order valence-corrected chi connectivity index (χ4v) is 2.94. The second-order valence-electron chi connectivity index (χ2n) is 4.98. The molecule has 2 unspecified atom stereocenters. The van der Waals surface area contributed by atoms with Gasteiger partial charge in [-0.2, -0.15) is 0 Å². The highest BCUT2D eigenvalue weighted by molar-refractivity contribution is 5.95. The summed E-state index contributed by atoms with van der Waals surface area (Å²) in [6.07, 6.45) is 4.54. The summed E-state index contributed by atoms with van der Waals surface area (Å²) in [5.41, 5.74) is -0.148. The molecular formula is C13H15N3O3. The van der Waals surface area contributed by atoms with Crippen molar-refractivity contribution in [3.8, 4) is 0 Å². The summed E-state index contributed by atoms with van der Waals surface area (Å²) in [5.74, 6) is -0.391. The molecule has 2 amide bonds. The average Bonchev–Trinajstić information content (AvgIpc) is 2.80. The lowest BCUT2D eigenvalue weighted by Crippen LogP contribution is -2.49. The van der Waals surface area contributed by atoms with Gasteiger partial charge in [-0.05, 0) is 12.8 Å². The van der Waals surface area contributed by atoms with Gasteiger partial charge in [0.25, 0.3) is 5.91 Å². The first kappa shape index (κ1) is 12.0. The predicted octanol–water partition coefficient (Wildman–Crippen LogP) is -0.275. The van der Waals surface area contributed by atoms with Crippen LogP contribution in [0.1, 0.15) is 23.2 Å². The smallest absolute Gasteiger partial charge is 0.259 e. The van der Waals surface area contributed by atoms with E-state index in [0.29, 0.717) is 13.1 Å². The molecule has 6 heteroatoms. The van der Waals surface area contributed by atoms with Crippen LogP contribution < -0.4 is 10.7 Å². The maximum atomic E-state index is 12.4. The minimum absolute atomic E-state index is 0.0180. The van der Waals surface area contributed by atoms with Crippen LogP contribution in [0.15, 0.2) is 23.3 Å². The van der Waals surface area contributed by atoms with E-state index in [9.17, 15) is 14.4 Å². The van der Waals surface area contributed by atoms with E-state index in [1.807, 2.05) is 0 Å². The fourth-order valence-electron chi connectivity index (χ4n) is 2.94. The lowest BCUT2D eigenvalue weighted by atomic mass is 9.91. The third kappa shape index (κ3) is 1.93. The molecule has 1 aromatic rings. The molecule has 100 valence electrons. The Labute approximate surface area is 109 Å². The Bertz CT molecular complexity index is 580. The lowest BCUT2D eigenvalue weighted by Gasteiger charge is -2.35. The maximum Gasteiger partial charge on any atom is 0.259 e. The number of fused-ring (bicyclic) bond motifs is 1. The molecule has 3 heterocycles. The van der Waals surface area contributed by atoms with Crippen LogP contribution in [0.5, 0.6) is 0 Å². The van der Waals surface area contributed by atoms with Crippen molar-refractivity contribution in [2.45, 2.75) is 18.9 Å². The Morgan fingerprint density at radius 2 is 2.21 bits per heavy atom. The van der Waals surface area contributed by atoms with E-state index in [1.54, 1.807) is 4.90 Å². The molecule has 0 aromatic carbocycles. The number of rotatable bonds is 1. The molecule has 1 aromatic heterocycles. The predicted molar refractivity (Wildman–Crippen MR) is 67.6 cm³/mol. The third-order valence-electron chi connectivity index (χ3n) is 3.92. The number of aromatic amines is 1. The van der Waals surface area contributed by atoms with E-state index in [-0.39, 0.29) is 34.8 Å². The second kappa shape index (κ2) is 4.53. The van der Waals surface area contributed by atoms with Crippen LogP contribution in [0.4, 0.5) is 0 Å². The monoisotopic (exact) mass is 261 g/mol. The number of carbonyl (C=O) groups is 2. The van der Waals surface area contributed by atoms with E-state index >= 15 is 0 Å². The molecular weight excluding hydrogens is 246 g/mol. The quantitative estimate of drug-likeness (QED) is 0.729. The van der Waals surface area contributed by atoms with E-state index in [4.69, 9.17) is 0 Å². The van der Waals surface area contributed by atoms with Crippen molar-refractivity contribution in [2.75, 3.05) is 13.1 Å². The van der Waals surface area contributed by atoms with Crippen LogP contribution in [0, 0.1) is 5.92 Å². The van der Waals surface area contributed by atoms with Gasteiger partial charge >= 0.3 is 0 Å². The summed E-state index contributed by atoms with van der Waals surface area (Å²) in [6.45, 7) is 1.09. The van der Waals surface area contributed by atoms with Crippen LogP contribution in [-0.2, 0) is 4.79 Å². The van der Waals surface area contributed by atoms with Gasteiger partial charge in [-0.25, -0.2) is 0 Å². The highest BCUT2D eigenvalue weighted by Crippen LogP contribution is 2.28. The normalized spacial score (nSPS) is 25.9. The summed E-state index contributed by atoms with van der Waals surface area (Å²) in [5, 5.41) is 2.79. The number of hydrogen-bond donors (Lipinski definition) is 2. The van der Waals surface area contributed by atoms with Crippen LogP contribution in [0.3, 0.4) is 0 Å². The van der Waals surface area contributed by atoms with E-state index in [1.165, 1.54) is 18.5 Å². The molecule has 6 nitrogen and oxygen atoms in total. The van der Waals surface area contributed by atoms with Crippen LogP contribution in [0.25, 0.3) is 0 Å². The van der Waals surface area contributed by atoms with Gasteiger partial charge in [0.05, 0.1) is 12.0 Å². The van der Waals surface area contributed by atoms with Gasteiger partial charge in [0.15, 0.2) is 5.43 Å². The van der Waals surface area contributed by atoms with Gasteiger partial charge in [-0.1, -0.05) is 0 Å². The molecule has 2 fully saturated rings. The zero-order valence-electron chi connectivity index (χ0n) is 10.4. The fraction of sp³-hybridized carbons (Fsp3) is 0.462. The number of amides is 2. The van der Waals surface area contributed by atoms with Crippen molar-refractivity contribution >= 4 is 11.8 Å². The number of pyridine rings is 1. The first-order chi connectivity index (χ1) is 9.18. The minimum atomic E-state index is -0.289. The summed E-state index contributed by atoms with van der Waals surface area (Å²) in [6, 6.07) is 1.22. The van der Waals surface area contributed by atoms with Crippen molar-refractivity contribution in [1.82, 2.24) is 15.2 Å². The largest absolute Gasteiger partial charge is 0.367 e. The van der Waals surface area contributed by atoms with Crippen LogP contribution in [-0.4, -0.2) is 40.8 Å². The van der Waals surface area contributed by atoms with Crippen molar-refractivity contribution in [3.05, 3.63) is 34.2 Å². The Kier molecular flexibility index (Phi) is 2.85. The first-order valence-electron chi connectivity index (χ1n) is 6.44. The number of nitrogens with one attached hydrogen (secondary N) is 2. The molecule has 2 N–H and O–H groups in total. The van der Waals surface area contributed by atoms with Gasteiger partial charge in [-0.15, -0.1) is 0 Å². The number of hydrogen-bond acceptors (Lipinski definition) is 3. The topological polar surface area (TPSA) is 82.3 Å². The molecule has 0 radical (unpaired) electrons. The molecule has 0 spiro atoms. The number of H-pyrrole nitrogens is 1. The standard InChI is InChI=1S/C13H15N3O3/c17-11-3-4-14-6-9(11)13(19)16-5-1-2-8-10(16)7-15-12(8)18/h3-4,6,8,10H,1-2,5,7H2,(H,14,17)(H,15,18). The number of likely N-dealkylation sites (tertiary alicyclic amines) is 1.